The lowest BCUT2D eigenvalue weighted by molar-refractivity contribution is 0.659. The van der Waals surface area contributed by atoms with E-state index in [9.17, 15) is 0 Å². The molecule has 0 saturated carbocycles. The maximum atomic E-state index is 5.60. The quantitative estimate of drug-likeness (QED) is 0.890. The summed E-state index contributed by atoms with van der Waals surface area (Å²) in [5.74, 6) is 2.28. The molecule has 0 spiro atoms. The number of nitrogens with two attached hydrogens (primary N) is 1. The highest BCUT2D eigenvalue weighted by molar-refractivity contribution is 7.13. The highest BCUT2D eigenvalue weighted by Gasteiger charge is 2.16. The number of aromatic nitrogens is 4. The Hall–Kier alpha value is -1.43. The standard InChI is InChI=1S/C11H15N5S/c12-11-13-8(7-17-11)3-1-4-9-14-15-10-5-2-6-16(9)10/h7H,1-6H2,(H2,12,13). The van der Waals surface area contributed by atoms with Crippen molar-refractivity contribution in [1.29, 1.82) is 0 Å². The predicted molar refractivity (Wildman–Crippen MR) is 66.9 cm³/mol. The van der Waals surface area contributed by atoms with E-state index < -0.39 is 0 Å². The molecule has 90 valence electrons. The molecule has 0 unspecified atom stereocenters. The van der Waals surface area contributed by atoms with Crippen molar-refractivity contribution in [2.75, 3.05) is 5.73 Å². The lowest BCUT2D eigenvalue weighted by atomic mass is 10.2. The summed E-state index contributed by atoms with van der Waals surface area (Å²) in [6, 6.07) is 0. The van der Waals surface area contributed by atoms with Gasteiger partial charge in [-0.2, -0.15) is 0 Å². The SMILES string of the molecule is Nc1nc(CCCc2nnc3n2CCC3)cs1. The summed E-state index contributed by atoms with van der Waals surface area (Å²) in [6.07, 6.45) is 5.29. The van der Waals surface area contributed by atoms with Gasteiger partial charge in [0.1, 0.15) is 11.6 Å². The summed E-state index contributed by atoms with van der Waals surface area (Å²) in [4.78, 5) is 4.26. The Kier molecular flexibility index (Phi) is 2.80. The monoisotopic (exact) mass is 249 g/mol. The van der Waals surface area contributed by atoms with Gasteiger partial charge >= 0.3 is 0 Å². The van der Waals surface area contributed by atoms with Crippen molar-refractivity contribution in [2.24, 2.45) is 0 Å². The number of fused-ring (bicyclic) bond motifs is 1. The maximum Gasteiger partial charge on any atom is 0.180 e. The first kappa shape index (κ1) is 10.7. The van der Waals surface area contributed by atoms with Gasteiger partial charge in [-0.3, -0.25) is 0 Å². The van der Waals surface area contributed by atoms with Crippen LogP contribution >= 0.6 is 11.3 Å². The minimum absolute atomic E-state index is 0.656. The smallest absolute Gasteiger partial charge is 0.180 e. The van der Waals surface area contributed by atoms with Gasteiger partial charge in [0.2, 0.25) is 0 Å². The van der Waals surface area contributed by atoms with Gasteiger partial charge in [0, 0.05) is 24.8 Å². The van der Waals surface area contributed by atoms with E-state index in [1.165, 1.54) is 17.8 Å². The van der Waals surface area contributed by atoms with Crippen molar-refractivity contribution in [1.82, 2.24) is 19.7 Å². The third-order valence-electron chi connectivity index (χ3n) is 3.09. The molecule has 2 aromatic heterocycles. The Morgan fingerprint density at radius 2 is 2.29 bits per heavy atom. The topological polar surface area (TPSA) is 69.6 Å². The Morgan fingerprint density at radius 1 is 1.35 bits per heavy atom. The van der Waals surface area contributed by atoms with Gasteiger partial charge in [-0.1, -0.05) is 0 Å². The van der Waals surface area contributed by atoms with Crippen molar-refractivity contribution in [3.05, 3.63) is 22.7 Å². The highest BCUT2D eigenvalue weighted by Crippen LogP contribution is 2.17. The van der Waals surface area contributed by atoms with Crippen molar-refractivity contribution in [3.63, 3.8) is 0 Å². The molecular formula is C11H15N5S. The molecular weight excluding hydrogens is 234 g/mol. The van der Waals surface area contributed by atoms with Crippen molar-refractivity contribution >= 4 is 16.5 Å². The lowest BCUT2D eigenvalue weighted by Gasteiger charge is -2.01. The van der Waals surface area contributed by atoms with Crippen LogP contribution in [-0.2, 0) is 25.8 Å². The number of rotatable bonds is 4. The van der Waals surface area contributed by atoms with Crippen LogP contribution in [0, 0.1) is 0 Å². The van der Waals surface area contributed by atoms with Gasteiger partial charge in [-0.15, -0.1) is 21.5 Å². The molecule has 2 N–H and O–H groups in total. The largest absolute Gasteiger partial charge is 0.375 e. The van der Waals surface area contributed by atoms with Crippen LogP contribution in [0.5, 0.6) is 0 Å². The van der Waals surface area contributed by atoms with E-state index >= 15 is 0 Å². The average Bonchev–Trinajstić information content (AvgIpc) is 2.97. The molecule has 1 aliphatic heterocycles. The number of hydrogen-bond acceptors (Lipinski definition) is 5. The van der Waals surface area contributed by atoms with E-state index in [1.54, 1.807) is 0 Å². The highest BCUT2D eigenvalue weighted by atomic mass is 32.1. The van der Waals surface area contributed by atoms with Crippen LogP contribution in [0.15, 0.2) is 5.38 Å². The molecule has 3 rings (SSSR count). The number of nitrogen functional groups attached to an aromatic ring is 1. The molecule has 2 aromatic rings. The summed E-state index contributed by atoms with van der Waals surface area (Å²) in [7, 11) is 0. The van der Waals surface area contributed by atoms with Gasteiger partial charge in [0.25, 0.3) is 0 Å². The van der Waals surface area contributed by atoms with Crippen molar-refractivity contribution < 1.29 is 0 Å². The molecule has 3 heterocycles. The molecule has 17 heavy (non-hydrogen) atoms. The van der Waals surface area contributed by atoms with Gasteiger partial charge in [0.05, 0.1) is 5.69 Å². The van der Waals surface area contributed by atoms with Crippen LogP contribution < -0.4 is 5.73 Å². The lowest BCUT2D eigenvalue weighted by Crippen LogP contribution is -2.02. The van der Waals surface area contributed by atoms with Crippen LogP contribution in [0.2, 0.25) is 0 Å². The van der Waals surface area contributed by atoms with Gasteiger partial charge < -0.3 is 10.3 Å². The fourth-order valence-electron chi connectivity index (χ4n) is 2.26. The summed E-state index contributed by atoms with van der Waals surface area (Å²) >= 11 is 1.51. The number of thiazole rings is 1. The Morgan fingerprint density at radius 3 is 3.12 bits per heavy atom. The first-order chi connectivity index (χ1) is 8.33. The molecule has 0 fully saturated rings. The summed E-state index contributed by atoms with van der Waals surface area (Å²) in [5.41, 5.74) is 6.69. The molecule has 6 heteroatoms. The maximum absolute atomic E-state index is 5.60. The van der Waals surface area contributed by atoms with Crippen LogP contribution in [0.4, 0.5) is 5.13 Å². The van der Waals surface area contributed by atoms with E-state index in [0.29, 0.717) is 5.13 Å². The Labute approximate surface area is 104 Å². The van der Waals surface area contributed by atoms with E-state index in [-0.39, 0.29) is 0 Å². The van der Waals surface area contributed by atoms with E-state index in [0.717, 1.165) is 49.6 Å². The summed E-state index contributed by atoms with van der Waals surface area (Å²) in [5, 5.41) is 11.1. The molecule has 1 aliphatic rings. The molecule has 0 amide bonds. The molecule has 0 aromatic carbocycles. The number of anilines is 1. The second kappa shape index (κ2) is 4.44. The summed E-state index contributed by atoms with van der Waals surface area (Å²) in [6.45, 7) is 1.08. The van der Waals surface area contributed by atoms with Crippen LogP contribution in [0.1, 0.15) is 30.2 Å². The Balaban J connectivity index is 1.57. The van der Waals surface area contributed by atoms with Crippen molar-refractivity contribution in [2.45, 2.75) is 38.6 Å². The van der Waals surface area contributed by atoms with Crippen LogP contribution in [-0.4, -0.2) is 19.7 Å². The van der Waals surface area contributed by atoms with Gasteiger partial charge in [-0.05, 0) is 19.3 Å². The molecule has 0 aliphatic carbocycles. The fourth-order valence-corrected chi connectivity index (χ4v) is 2.86. The first-order valence-corrected chi connectivity index (χ1v) is 6.82. The molecule has 0 radical (unpaired) electrons. The van der Waals surface area contributed by atoms with Crippen LogP contribution in [0.25, 0.3) is 0 Å². The van der Waals surface area contributed by atoms with Gasteiger partial charge in [-0.25, -0.2) is 4.98 Å². The van der Waals surface area contributed by atoms with Gasteiger partial charge in [0.15, 0.2) is 5.13 Å². The van der Waals surface area contributed by atoms with E-state index in [2.05, 4.69) is 19.7 Å². The molecule has 0 bridgehead atoms. The first-order valence-electron chi connectivity index (χ1n) is 5.94. The zero-order valence-corrected chi connectivity index (χ0v) is 10.4. The minimum atomic E-state index is 0.656. The zero-order chi connectivity index (χ0) is 11.7. The molecule has 0 atom stereocenters. The number of aryl methyl sites for hydroxylation is 3. The normalized spacial score (nSPS) is 14.1. The number of hydrogen-bond donors (Lipinski definition) is 1. The molecule has 5 nitrogen and oxygen atoms in total. The summed E-state index contributed by atoms with van der Waals surface area (Å²) < 4.78 is 2.26. The third kappa shape index (κ3) is 2.17. The van der Waals surface area contributed by atoms with Crippen LogP contribution in [0.3, 0.4) is 0 Å². The Bertz CT molecular complexity index is 516. The predicted octanol–water partition coefficient (Wildman–Crippen LogP) is 1.44. The molecule has 0 saturated heterocycles. The second-order valence-electron chi connectivity index (χ2n) is 4.32. The van der Waals surface area contributed by atoms with E-state index in [4.69, 9.17) is 5.73 Å². The number of nitrogens with zero attached hydrogens (tertiary/aromatic N) is 4. The third-order valence-corrected chi connectivity index (χ3v) is 3.81. The van der Waals surface area contributed by atoms with E-state index in [1.807, 2.05) is 5.38 Å². The minimum Gasteiger partial charge on any atom is -0.375 e. The second-order valence-corrected chi connectivity index (χ2v) is 5.21. The average molecular weight is 249 g/mol. The van der Waals surface area contributed by atoms with Crippen molar-refractivity contribution in [3.8, 4) is 0 Å². The fraction of sp³-hybridized carbons (Fsp3) is 0.545. The zero-order valence-electron chi connectivity index (χ0n) is 9.59.